The van der Waals surface area contributed by atoms with Crippen LogP contribution >= 0.6 is 11.6 Å². The zero-order valence-electron chi connectivity index (χ0n) is 11.8. The van der Waals surface area contributed by atoms with E-state index in [1.165, 1.54) is 11.3 Å². The minimum atomic E-state index is 0.277. The van der Waals surface area contributed by atoms with Crippen LogP contribution < -0.4 is 10.2 Å². The molecule has 0 aliphatic carbocycles. The van der Waals surface area contributed by atoms with Gasteiger partial charge in [0.2, 0.25) is 0 Å². The molecular formula is C15H23ClN2. The van der Waals surface area contributed by atoms with Crippen LogP contribution in [0.1, 0.15) is 26.3 Å². The highest BCUT2D eigenvalue weighted by molar-refractivity contribution is 6.31. The molecule has 1 fully saturated rings. The minimum Gasteiger partial charge on any atom is -0.367 e. The van der Waals surface area contributed by atoms with Gasteiger partial charge in [-0.05, 0) is 37.0 Å². The smallest absolute Gasteiger partial charge is 0.0455 e. The normalized spacial score (nSPS) is 23.8. The number of anilines is 1. The van der Waals surface area contributed by atoms with Crippen LogP contribution in [0, 0.1) is 12.3 Å². The van der Waals surface area contributed by atoms with Crippen molar-refractivity contribution in [1.29, 1.82) is 0 Å². The molecule has 1 aromatic carbocycles. The second kappa shape index (κ2) is 5.10. The molecule has 0 radical (unpaired) electrons. The summed E-state index contributed by atoms with van der Waals surface area (Å²) >= 11 is 6.25. The summed E-state index contributed by atoms with van der Waals surface area (Å²) in [6.07, 6.45) is 0. The van der Waals surface area contributed by atoms with E-state index in [9.17, 15) is 0 Å². The number of nitrogens with one attached hydrogen (secondary N) is 1. The fourth-order valence-corrected chi connectivity index (χ4v) is 2.80. The molecule has 1 unspecified atom stereocenters. The van der Waals surface area contributed by atoms with Gasteiger partial charge < -0.3 is 10.2 Å². The molecule has 18 heavy (non-hydrogen) atoms. The van der Waals surface area contributed by atoms with Gasteiger partial charge in [0.15, 0.2) is 0 Å². The molecule has 1 N–H and O–H groups in total. The molecule has 1 aliphatic rings. The van der Waals surface area contributed by atoms with Crippen LogP contribution in [0.2, 0.25) is 5.02 Å². The minimum absolute atomic E-state index is 0.277. The van der Waals surface area contributed by atoms with Crippen molar-refractivity contribution in [1.82, 2.24) is 5.32 Å². The zero-order chi connectivity index (χ0) is 13.3. The van der Waals surface area contributed by atoms with Crippen molar-refractivity contribution in [3.63, 3.8) is 0 Å². The van der Waals surface area contributed by atoms with Crippen molar-refractivity contribution < 1.29 is 0 Å². The Labute approximate surface area is 115 Å². The molecule has 100 valence electrons. The predicted molar refractivity (Wildman–Crippen MR) is 79.6 cm³/mol. The molecule has 1 aliphatic heterocycles. The van der Waals surface area contributed by atoms with E-state index in [1.807, 2.05) is 12.1 Å². The third-order valence-corrected chi connectivity index (χ3v) is 4.13. The highest BCUT2D eigenvalue weighted by atomic mass is 35.5. The zero-order valence-corrected chi connectivity index (χ0v) is 12.5. The van der Waals surface area contributed by atoms with Crippen LogP contribution in [0.15, 0.2) is 18.2 Å². The largest absolute Gasteiger partial charge is 0.367 e. The summed E-state index contributed by atoms with van der Waals surface area (Å²) in [5.41, 5.74) is 2.73. The summed E-state index contributed by atoms with van der Waals surface area (Å²) in [5.74, 6) is 0. The molecule has 0 amide bonds. The van der Waals surface area contributed by atoms with E-state index in [0.29, 0.717) is 6.04 Å². The van der Waals surface area contributed by atoms with Gasteiger partial charge in [-0.2, -0.15) is 0 Å². The Morgan fingerprint density at radius 3 is 2.83 bits per heavy atom. The molecular weight excluding hydrogens is 244 g/mol. The van der Waals surface area contributed by atoms with Gasteiger partial charge in [-0.1, -0.05) is 31.5 Å². The molecule has 2 rings (SSSR count). The average molecular weight is 267 g/mol. The molecule has 3 heteroatoms. The Morgan fingerprint density at radius 1 is 1.39 bits per heavy atom. The van der Waals surface area contributed by atoms with Crippen molar-refractivity contribution in [2.75, 3.05) is 24.5 Å². The average Bonchev–Trinajstić information content (AvgIpc) is 2.42. The fourth-order valence-electron chi connectivity index (χ4n) is 2.63. The molecule has 1 atom stereocenters. The molecule has 1 saturated heterocycles. The molecule has 0 spiro atoms. The number of halogens is 1. The first-order chi connectivity index (χ1) is 8.41. The topological polar surface area (TPSA) is 15.3 Å². The van der Waals surface area contributed by atoms with E-state index < -0.39 is 0 Å². The Kier molecular flexibility index (Phi) is 3.88. The fraction of sp³-hybridized carbons (Fsp3) is 0.600. The quantitative estimate of drug-likeness (QED) is 0.837. The first kappa shape index (κ1) is 13.7. The third-order valence-electron chi connectivity index (χ3n) is 3.72. The Hall–Kier alpha value is -0.730. The van der Waals surface area contributed by atoms with Gasteiger partial charge >= 0.3 is 0 Å². The van der Waals surface area contributed by atoms with Gasteiger partial charge in [0.25, 0.3) is 0 Å². The van der Waals surface area contributed by atoms with E-state index in [-0.39, 0.29) is 5.41 Å². The standard InChI is InChI=1S/C15H23ClN2/c1-11-8-17-9-15(3,4)10-18(11)14-7-5-6-13(16)12(14)2/h5-7,11,17H,8-10H2,1-4H3. The maximum absolute atomic E-state index is 6.25. The highest BCUT2D eigenvalue weighted by Gasteiger charge is 2.29. The first-order valence-electron chi connectivity index (χ1n) is 6.63. The third kappa shape index (κ3) is 2.81. The number of rotatable bonds is 1. The second-order valence-electron chi connectivity index (χ2n) is 6.16. The molecule has 0 saturated carbocycles. The van der Waals surface area contributed by atoms with Crippen LogP contribution in [0.25, 0.3) is 0 Å². The van der Waals surface area contributed by atoms with Crippen LogP contribution in [-0.2, 0) is 0 Å². The summed E-state index contributed by atoms with van der Waals surface area (Å²) in [6, 6.07) is 6.68. The van der Waals surface area contributed by atoms with E-state index in [2.05, 4.69) is 44.0 Å². The number of hydrogen-bond donors (Lipinski definition) is 1. The lowest BCUT2D eigenvalue weighted by atomic mass is 9.92. The van der Waals surface area contributed by atoms with Gasteiger partial charge in [-0.25, -0.2) is 0 Å². The molecule has 0 bridgehead atoms. The van der Waals surface area contributed by atoms with Crippen molar-refractivity contribution >= 4 is 17.3 Å². The SMILES string of the molecule is Cc1c(Cl)cccc1N1CC(C)(C)CNCC1C. The van der Waals surface area contributed by atoms with Crippen LogP contribution in [0.3, 0.4) is 0 Å². The van der Waals surface area contributed by atoms with Gasteiger partial charge in [0, 0.05) is 36.4 Å². The van der Waals surface area contributed by atoms with Gasteiger partial charge in [0.1, 0.15) is 0 Å². The van der Waals surface area contributed by atoms with Crippen LogP contribution in [0.5, 0.6) is 0 Å². The van der Waals surface area contributed by atoms with Crippen molar-refractivity contribution in [2.45, 2.75) is 33.7 Å². The highest BCUT2D eigenvalue weighted by Crippen LogP contribution is 2.31. The molecule has 0 aromatic heterocycles. The van der Waals surface area contributed by atoms with Crippen molar-refractivity contribution in [3.8, 4) is 0 Å². The summed E-state index contributed by atoms with van der Waals surface area (Å²) in [6.45, 7) is 12.1. The van der Waals surface area contributed by atoms with Gasteiger partial charge in [-0.15, -0.1) is 0 Å². The van der Waals surface area contributed by atoms with E-state index in [1.54, 1.807) is 0 Å². The monoisotopic (exact) mass is 266 g/mol. The van der Waals surface area contributed by atoms with Crippen LogP contribution in [-0.4, -0.2) is 25.7 Å². The number of hydrogen-bond acceptors (Lipinski definition) is 2. The predicted octanol–water partition coefficient (Wildman–Crippen LogP) is 3.47. The maximum atomic E-state index is 6.25. The molecule has 2 nitrogen and oxygen atoms in total. The van der Waals surface area contributed by atoms with E-state index in [0.717, 1.165) is 24.7 Å². The lowest BCUT2D eigenvalue weighted by Gasteiger charge is -2.35. The van der Waals surface area contributed by atoms with E-state index in [4.69, 9.17) is 11.6 Å². The maximum Gasteiger partial charge on any atom is 0.0455 e. The van der Waals surface area contributed by atoms with Crippen molar-refractivity contribution in [2.24, 2.45) is 5.41 Å². The Morgan fingerprint density at radius 2 is 2.11 bits per heavy atom. The van der Waals surface area contributed by atoms with Gasteiger partial charge in [-0.3, -0.25) is 0 Å². The van der Waals surface area contributed by atoms with E-state index >= 15 is 0 Å². The lowest BCUT2D eigenvalue weighted by molar-refractivity contribution is 0.369. The Bertz CT molecular complexity index is 429. The number of benzene rings is 1. The second-order valence-corrected chi connectivity index (χ2v) is 6.56. The number of nitrogens with zero attached hydrogens (tertiary/aromatic N) is 1. The first-order valence-corrected chi connectivity index (χ1v) is 7.01. The lowest BCUT2D eigenvalue weighted by Crippen LogP contribution is -2.40. The van der Waals surface area contributed by atoms with Gasteiger partial charge in [0.05, 0.1) is 0 Å². The summed E-state index contributed by atoms with van der Waals surface area (Å²) in [5, 5.41) is 4.40. The van der Waals surface area contributed by atoms with Crippen LogP contribution in [0.4, 0.5) is 5.69 Å². The summed E-state index contributed by atoms with van der Waals surface area (Å²) in [4.78, 5) is 2.49. The Balaban J connectivity index is 2.37. The molecule has 1 heterocycles. The van der Waals surface area contributed by atoms with Crippen molar-refractivity contribution in [3.05, 3.63) is 28.8 Å². The molecule has 1 aromatic rings. The summed E-state index contributed by atoms with van der Waals surface area (Å²) < 4.78 is 0. The summed E-state index contributed by atoms with van der Waals surface area (Å²) in [7, 11) is 0.